The molecule has 4 atom stereocenters. The van der Waals surface area contributed by atoms with E-state index in [2.05, 4.69) is 16.0 Å². The van der Waals surface area contributed by atoms with Crippen molar-refractivity contribution >= 4 is 29.5 Å². The van der Waals surface area contributed by atoms with Crippen molar-refractivity contribution in [3.8, 4) is 0 Å². The number of carbonyl (C=O) groups is 5. The van der Waals surface area contributed by atoms with Crippen LogP contribution in [0, 0.1) is 0 Å². The van der Waals surface area contributed by atoms with E-state index in [-0.39, 0.29) is 48.5 Å². The Bertz CT molecular complexity index is 973. The molecule has 0 aliphatic heterocycles. The van der Waals surface area contributed by atoms with Crippen LogP contribution in [0.1, 0.15) is 55.8 Å². The van der Waals surface area contributed by atoms with Crippen LogP contribution < -0.4 is 16.0 Å². The number of hydrogen-bond donors (Lipinski definition) is 4. The number of likely N-dealkylation sites (N-methyl/N-ethyl adjacent to an activating group) is 1. The van der Waals surface area contributed by atoms with Gasteiger partial charge in [0.1, 0.15) is 11.6 Å². The van der Waals surface area contributed by atoms with Gasteiger partial charge in [-0.3, -0.25) is 19.2 Å². The molecule has 0 aromatic heterocycles. The van der Waals surface area contributed by atoms with Crippen molar-refractivity contribution in [3.05, 3.63) is 35.9 Å². The highest BCUT2D eigenvalue weighted by atomic mass is 16.6. The first-order valence-electron chi connectivity index (χ1n) is 13.6. The Morgan fingerprint density at radius 1 is 0.900 bits per heavy atom. The van der Waals surface area contributed by atoms with Crippen LogP contribution in [-0.2, 0) is 33.4 Å². The van der Waals surface area contributed by atoms with Gasteiger partial charge in [-0.15, -0.1) is 0 Å². The summed E-state index contributed by atoms with van der Waals surface area (Å²) in [6, 6.07) is 5.77. The van der Waals surface area contributed by atoms with E-state index in [1.54, 1.807) is 18.2 Å². The van der Waals surface area contributed by atoms with Crippen LogP contribution in [0.15, 0.2) is 30.3 Å². The molecule has 40 heavy (non-hydrogen) atoms. The lowest BCUT2D eigenvalue weighted by Gasteiger charge is -2.41. The molecule has 2 rings (SSSR count). The predicted molar refractivity (Wildman–Crippen MR) is 145 cm³/mol. The molecule has 0 bridgehead atoms. The zero-order valence-electron chi connectivity index (χ0n) is 23.2. The fourth-order valence-corrected chi connectivity index (χ4v) is 4.14. The summed E-state index contributed by atoms with van der Waals surface area (Å²) in [6.45, 7) is 3.83. The first-order valence-corrected chi connectivity index (χ1v) is 13.6. The van der Waals surface area contributed by atoms with E-state index >= 15 is 0 Å². The lowest BCUT2D eigenvalue weighted by molar-refractivity contribution is -0.141. The summed E-state index contributed by atoms with van der Waals surface area (Å²) in [5.41, 5.74) is 0.218. The SMILES string of the molecule is CNCCOCCOCCCC(=O)[C@H](CC(=O)OC(=O)c1ccccc1)NC1CCC1N[C@@H](CC(=O)O)C(C)=O. The number of ether oxygens (including phenoxy) is 3. The van der Waals surface area contributed by atoms with Gasteiger partial charge in [-0.05, 0) is 45.4 Å². The average Bonchev–Trinajstić information content (AvgIpc) is 2.91. The van der Waals surface area contributed by atoms with Gasteiger partial charge in [0.15, 0.2) is 0 Å². The molecule has 1 aromatic carbocycles. The number of nitrogens with one attached hydrogen (secondary N) is 3. The Kier molecular flexibility index (Phi) is 15.2. The zero-order chi connectivity index (χ0) is 29.3. The third-order valence-corrected chi connectivity index (χ3v) is 6.53. The summed E-state index contributed by atoms with van der Waals surface area (Å²) < 4.78 is 15.9. The maximum absolute atomic E-state index is 13.1. The highest BCUT2D eigenvalue weighted by molar-refractivity contribution is 5.98. The van der Waals surface area contributed by atoms with E-state index in [0.29, 0.717) is 45.7 Å². The van der Waals surface area contributed by atoms with Crippen LogP contribution in [0.5, 0.6) is 0 Å². The Hall–Kier alpha value is -3.03. The highest BCUT2D eigenvalue weighted by Gasteiger charge is 2.37. The molecule has 0 spiro atoms. The maximum Gasteiger partial charge on any atom is 0.345 e. The number of carboxylic acid groups (broad SMARTS) is 1. The molecule has 4 N–H and O–H groups in total. The summed E-state index contributed by atoms with van der Waals surface area (Å²) in [4.78, 5) is 61.1. The second-order valence-corrected chi connectivity index (χ2v) is 9.67. The lowest BCUT2D eigenvalue weighted by Crippen LogP contribution is -2.62. The van der Waals surface area contributed by atoms with Crippen molar-refractivity contribution in [2.45, 2.75) is 69.6 Å². The third kappa shape index (κ3) is 12.4. The monoisotopic (exact) mass is 563 g/mol. The predicted octanol–water partition coefficient (Wildman–Crippen LogP) is 0.873. The molecule has 0 heterocycles. The van der Waals surface area contributed by atoms with Gasteiger partial charge in [0, 0.05) is 31.7 Å². The molecule has 1 fully saturated rings. The maximum atomic E-state index is 13.1. The van der Waals surface area contributed by atoms with E-state index in [4.69, 9.17) is 19.3 Å². The highest BCUT2D eigenvalue weighted by Crippen LogP contribution is 2.23. The molecule has 1 aliphatic rings. The number of esters is 2. The number of Topliss-reactive ketones (excluding diaryl/α,β-unsaturated/α-hetero) is 2. The lowest BCUT2D eigenvalue weighted by atomic mass is 9.84. The van der Waals surface area contributed by atoms with Crippen LogP contribution in [0.2, 0.25) is 0 Å². The Morgan fingerprint density at radius 2 is 1.52 bits per heavy atom. The molecule has 0 saturated heterocycles. The fourth-order valence-electron chi connectivity index (χ4n) is 4.14. The minimum Gasteiger partial charge on any atom is -0.481 e. The summed E-state index contributed by atoms with van der Waals surface area (Å²) >= 11 is 0. The van der Waals surface area contributed by atoms with Crippen molar-refractivity contribution in [2.24, 2.45) is 0 Å². The largest absolute Gasteiger partial charge is 0.481 e. The van der Waals surface area contributed by atoms with E-state index in [1.165, 1.54) is 19.1 Å². The van der Waals surface area contributed by atoms with Crippen LogP contribution in [0.4, 0.5) is 0 Å². The molecule has 1 aliphatic carbocycles. The number of ketones is 2. The first-order chi connectivity index (χ1) is 19.2. The van der Waals surface area contributed by atoms with Crippen LogP contribution >= 0.6 is 0 Å². The normalized spacial score (nSPS) is 17.9. The van der Waals surface area contributed by atoms with Crippen molar-refractivity contribution in [2.75, 3.05) is 40.0 Å². The van der Waals surface area contributed by atoms with Crippen LogP contribution in [0.25, 0.3) is 0 Å². The first kappa shape index (κ1) is 33.2. The Morgan fingerprint density at radius 3 is 2.10 bits per heavy atom. The van der Waals surface area contributed by atoms with Gasteiger partial charge < -0.3 is 35.3 Å². The molecular weight excluding hydrogens is 522 g/mol. The quantitative estimate of drug-likeness (QED) is 0.0947. The average molecular weight is 564 g/mol. The van der Waals surface area contributed by atoms with E-state index in [0.717, 1.165) is 6.54 Å². The topological polar surface area (TPSA) is 169 Å². The molecule has 222 valence electrons. The number of aliphatic carboxylic acids is 1. The number of hydrogen-bond acceptors (Lipinski definition) is 11. The van der Waals surface area contributed by atoms with Gasteiger partial charge in [0.2, 0.25) is 0 Å². The summed E-state index contributed by atoms with van der Waals surface area (Å²) in [6.07, 6.45) is 1.19. The van der Waals surface area contributed by atoms with E-state index < -0.39 is 30.0 Å². The molecule has 2 unspecified atom stereocenters. The zero-order valence-corrected chi connectivity index (χ0v) is 23.2. The van der Waals surface area contributed by atoms with E-state index in [1.807, 2.05) is 7.05 Å². The Balaban J connectivity index is 1.93. The van der Waals surface area contributed by atoms with Crippen LogP contribution in [-0.4, -0.2) is 98.8 Å². The fraction of sp³-hybridized carbons (Fsp3) is 0.607. The molecule has 1 aromatic rings. The summed E-state index contributed by atoms with van der Waals surface area (Å²) in [5, 5.41) is 18.3. The molecule has 12 nitrogen and oxygen atoms in total. The smallest absolute Gasteiger partial charge is 0.345 e. The van der Waals surface area contributed by atoms with Crippen molar-refractivity contribution in [1.29, 1.82) is 0 Å². The van der Waals surface area contributed by atoms with Crippen molar-refractivity contribution in [1.82, 2.24) is 16.0 Å². The van der Waals surface area contributed by atoms with Crippen molar-refractivity contribution < 1.29 is 43.3 Å². The minimum atomic E-state index is -1.10. The third-order valence-electron chi connectivity index (χ3n) is 6.53. The molecule has 12 heteroatoms. The summed E-state index contributed by atoms with van der Waals surface area (Å²) in [7, 11) is 1.84. The molecule has 0 amide bonds. The standard InChI is InChI=1S/C28H41N3O9/c1-19(32)23(17-26(34)35)30-21-10-11-22(21)31-24(18-27(36)40-28(37)20-7-4-3-5-8-20)25(33)9-6-13-38-15-16-39-14-12-29-2/h3-5,7-8,21-24,29-31H,6,9-18H2,1-2H3,(H,34,35)/t21?,22?,23-,24-/m0/s1. The van der Waals surface area contributed by atoms with Gasteiger partial charge in [-0.1, -0.05) is 18.2 Å². The van der Waals surface area contributed by atoms with Gasteiger partial charge in [0.25, 0.3) is 0 Å². The second-order valence-electron chi connectivity index (χ2n) is 9.67. The van der Waals surface area contributed by atoms with Gasteiger partial charge >= 0.3 is 17.9 Å². The van der Waals surface area contributed by atoms with Gasteiger partial charge in [-0.2, -0.15) is 0 Å². The number of rotatable bonds is 21. The molecular formula is C28H41N3O9. The van der Waals surface area contributed by atoms with Gasteiger partial charge in [0.05, 0.1) is 50.3 Å². The van der Waals surface area contributed by atoms with Gasteiger partial charge in [-0.25, -0.2) is 4.79 Å². The van der Waals surface area contributed by atoms with Crippen molar-refractivity contribution in [3.63, 3.8) is 0 Å². The van der Waals surface area contributed by atoms with Crippen LogP contribution in [0.3, 0.4) is 0 Å². The summed E-state index contributed by atoms with van der Waals surface area (Å²) in [5.74, 6) is -3.27. The molecule has 0 radical (unpaired) electrons. The van der Waals surface area contributed by atoms with E-state index in [9.17, 15) is 24.0 Å². The molecule has 1 saturated carbocycles. The minimum absolute atomic E-state index is 0.137. The number of benzene rings is 1. The Labute approximate surface area is 234 Å². The number of carboxylic acids is 1. The number of carbonyl (C=O) groups excluding carboxylic acids is 4. The second kappa shape index (κ2) is 18.3.